The van der Waals surface area contributed by atoms with Crippen molar-refractivity contribution in [3.05, 3.63) is 107 Å². The number of rotatable bonds is 5. The molecule has 6 heteroatoms. The molecular weight excluding hydrogens is 394 g/mol. The molecule has 2 unspecified atom stereocenters. The summed E-state index contributed by atoms with van der Waals surface area (Å²) in [7, 11) is 0. The quantitative estimate of drug-likeness (QED) is 0.550. The topological polar surface area (TPSA) is 95.9 Å². The number of carboxylic acids is 1. The van der Waals surface area contributed by atoms with Gasteiger partial charge in [0.15, 0.2) is 6.10 Å². The molecule has 0 saturated carbocycles. The number of esters is 1. The molecule has 0 aromatic heterocycles. The fraction of sp³-hybridized carbons (Fsp3) is 0.200. The number of carbonyl (C=O) groups is 2. The second-order valence-electron chi connectivity index (χ2n) is 7.15. The molecule has 0 bridgehead atoms. The molecule has 0 fully saturated rings. The lowest BCUT2D eigenvalue weighted by Gasteiger charge is -2.24. The number of nitrogens with one attached hydrogen (secondary N) is 1. The Balaban J connectivity index is 0.000000210. The summed E-state index contributed by atoms with van der Waals surface area (Å²) >= 11 is 0. The Bertz CT molecular complexity index is 991. The van der Waals surface area contributed by atoms with Crippen LogP contribution in [-0.2, 0) is 33.9 Å². The van der Waals surface area contributed by atoms with Crippen LogP contribution in [0, 0.1) is 0 Å². The van der Waals surface area contributed by atoms with Gasteiger partial charge in [-0.15, -0.1) is 0 Å². The Morgan fingerprint density at radius 3 is 2.13 bits per heavy atom. The average Bonchev–Trinajstić information content (AvgIpc) is 2.83. The second-order valence-corrected chi connectivity index (χ2v) is 7.15. The predicted molar refractivity (Wildman–Crippen MR) is 116 cm³/mol. The molecule has 160 valence electrons. The standard InChI is InChI=1S/C17H17NO2.C8H8O3/c19-17(20-12-13-6-2-1-3-7-13)16-10-14-8-4-5-9-15(14)11-18-16;9-7(8(10)11)6-4-2-1-3-5-6/h1-9,16,18H,10-12H2;1-5,7,9H,(H,10,11). The second kappa shape index (κ2) is 11.1. The predicted octanol–water partition coefficient (Wildman–Crippen LogP) is 3.25. The van der Waals surface area contributed by atoms with Gasteiger partial charge in [-0.2, -0.15) is 0 Å². The zero-order valence-electron chi connectivity index (χ0n) is 17.0. The summed E-state index contributed by atoms with van der Waals surface area (Å²) < 4.78 is 5.38. The van der Waals surface area contributed by atoms with E-state index in [0.29, 0.717) is 18.6 Å². The van der Waals surface area contributed by atoms with Gasteiger partial charge in [0.1, 0.15) is 12.6 Å². The molecule has 0 radical (unpaired) electrons. The molecular formula is C25H25NO5. The van der Waals surface area contributed by atoms with Crippen molar-refractivity contribution < 1.29 is 24.5 Å². The summed E-state index contributed by atoms with van der Waals surface area (Å²) in [5, 5.41) is 20.6. The molecule has 1 aliphatic heterocycles. The van der Waals surface area contributed by atoms with Crippen LogP contribution in [0.5, 0.6) is 0 Å². The van der Waals surface area contributed by atoms with E-state index in [0.717, 1.165) is 12.1 Å². The number of carbonyl (C=O) groups excluding carboxylic acids is 1. The first kappa shape index (κ1) is 22.2. The lowest BCUT2D eigenvalue weighted by atomic mass is 9.96. The van der Waals surface area contributed by atoms with E-state index in [1.54, 1.807) is 30.3 Å². The molecule has 31 heavy (non-hydrogen) atoms. The Labute approximate surface area is 181 Å². The van der Waals surface area contributed by atoms with Gasteiger partial charge in [-0.3, -0.25) is 4.79 Å². The van der Waals surface area contributed by atoms with E-state index in [9.17, 15) is 9.59 Å². The number of hydrogen-bond donors (Lipinski definition) is 3. The van der Waals surface area contributed by atoms with Crippen LogP contribution in [0.15, 0.2) is 84.9 Å². The van der Waals surface area contributed by atoms with E-state index < -0.39 is 12.1 Å². The van der Waals surface area contributed by atoms with Crippen LogP contribution in [0.2, 0.25) is 0 Å². The zero-order chi connectivity index (χ0) is 22.1. The molecule has 1 aliphatic rings. The summed E-state index contributed by atoms with van der Waals surface area (Å²) in [5.41, 5.74) is 3.91. The van der Waals surface area contributed by atoms with Gasteiger partial charge in [0, 0.05) is 6.54 Å². The SMILES string of the molecule is O=C(O)C(O)c1ccccc1.O=C(OCc1ccccc1)C1Cc2ccccc2CN1. The van der Waals surface area contributed by atoms with Crippen LogP contribution in [0.3, 0.4) is 0 Å². The number of fused-ring (bicyclic) bond motifs is 1. The van der Waals surface area contributed by atoms with Crippen molar-refractivity contribution in [2.24, 2.45) is 0 Å². The van der Waals surface area contributed by atoms with Gasteiger partial charge in [0.05, 0.1) is 0 Å². The maximum absolute atomic E-state index is 12.1. The summed E-state index contributed by atoms with van der Waals surface area (Å²) in [6.45, 7) is 1.06. The lowest BCUT2D eigenvalue weighted by Crippen LogP contribution is -2.42. The molecule has 0 aliphatic carbocycles. The molecule has 2 atom stereocenters. The van der Waals surface area contributed by atoms with Crippen LogP contribution < -0.4 is 5.32 Å². The minimum atomic E-state index is -1.41. The van der Waals surface area contributed by atoms with Gasteiger partial charge < -0.3 is 20.3 Å². The van der Waals surface area contributed by atoms with Crippen molar-refractivity contribution in [3.63, 3.8) is 0 Å². The number of aliphatic hydroxyl groups is 1. The van der Waals surface area contributed by atoms with Crippen LogP contribution in [0.25, 0.3) is 0 Å². The number of aliphatic hydroxyl groups excluding tert-OH is 1. The van der Waals surface area contributed by atoms with E-state index in [1.165, 1.54) is 11.1 Å². The Morgan fingerprint density at radius 2 is 1.48 bits per heavy atom. The molecule has 3 N–H and O–H groups in total. The van der Waals surface area contributed by atoms with Gasteiger partial charge in [0.2, 0.25) is 0 Å². The van der Waals surface area contributed by atoms with E-state index in [4.69, 9.17) is 14.9 Å². The van der Waals surface area contributed by atoms with Crippen molar-refractivity contribution in [2.75, 3.05) is 0 Å². The maximum Gasteiger partial charge on any atom is 0.337 e. The van der Waals surface area contributed by atoms with Gasteiger partial charge in [0.25, 0.3) is 0 Å². The van der Waals surface area contributed by atoms with E-state index in [-0.39, 0.29) is 12.0 Å². The van der Waals surface area contributed by atoms with Crippen molar-refractivity contribution in [3.8, 4) is 0 Å². The molecule has 4 rings (SSSR count). The monoisotopic (exact) mass is 419 g/mol. The Kier molecular flexibility index (Phi) is 7.92. The van der Waals surface area contributed by atoms with E-state index in [2.05, 4.69) is 17.4 Å². The molecule has 0 amide bonds. The van der Waals surface area contributed by atoms with Crippen molar-refractivity contribution in [1.82, 2.24) is 5.32 Å². The smallest absolute Gasteiger partial charge is 0.337 e. The first-order valence-electron chi connectivity index (χ1n) is 10.0. The molecule has 1 heterocycles. The summed E-state index contributed by atoms with van der Waals surface area (Å²) in [4.78, 5) is 22.3. The van der Waals surface area contributed by atoms with Crippen molar-refractivity contribution in [2.45, 2.75) is 31.7 Å². The fourth-order valence-electron chi connectivity index (χ4n) is 3.23. The highest BCUT2D eigenvalue weighted by molar-refractivity contribution is 5.76. The molecule has 6 nitrogen and oxygen atoms in total. The minimum Gasteiger partial charge on any atom is -0.479 e. The Hall–Kier alpha value is -3.48. The van der Waals surface area contributed by atoms with Crippen LogP contribution in [0.4, 0.5) is 0 Å². The lowest BCUT2D eigenvalue weighted by molar-refractivity contribution is -0.148. The van der Waals surface area contributed by atoms with Crippen molar-refractivity contribution in [1.29, 1.82) is 0 Å². The number of benzene rings is 3. The highest BCUT2D eigenvalue weighted by atomic mass is 16.5. The van der Waals surface area contributed by atoms with Crippen LogP contribution >= 0.6 is 0 Å². The highest BCUT2D eigenvalue weighted by Gasteiger charge is 2.25. The van der Waals surface area contributed by atoms with Gasteiger partial charge in [-0.1, -0.05) is 84.9 Å². The minimum absolute atomic E-state index is 0.177. The van der Waals surface area contributed by atoms with E-state index >= 15 is 0 Å². The summed E-state index contributed by atoms with van der Waals surface area (Å²) in [6.07, 6.45) is -0.708. The third-order valence-corrected chi connectivity index (χ3v) is 4.94. The first-order valence-corrected chi connectivity index (χ1v) is 10.0. The molecule has 0 saturated heterocycles. The van der Waals surface area contributed by atoms with Gasteiger partial charge in [-0.05, 0) is 28.7 Å². The Morgan fingerprint density at radius 1 is 0.903 bits per heavy atom. The van der Waals surface area contributed by atoms with Gasteiger partial charge in [-0.25, -0.2) is 4.79 Å². The molecule has 0 spiro atoms. The van der Waals surface area contributed by atoms with Gasteiger partial charge >= 0.3 is 11.9 Å². The maximum atomic E-state index is 12.1. The number of hydrogen-bond acceptors (Lipinski definition) is 5. The number of aliphatic carboxylic acids is 1. The van der Waals surface area contributed by atoms with Crippen molar-refractivity contribution >= 4 is 11.9 Å². The zero-order valence-corrected chi connectivity index (χ0v) is 17.0. The third kappa shape index (κ3) is 6.50. The summed E-state index contributed by atoms with van der Waals surface area (Å²) in [5.74, 6) is -1.40. The molecule has 3 aromatic carbocycles. The van der Waals surface area contributed by atoms with Crippen LogP contribution in [0.1, 0.15) is 28.4 Å². The fourth-order valence-corrected chi connectivity index (χ4v) is 3.23. The van der Waals surface area contributed by atoms with E-state index in [1.807, 2.05) is 42.5 Å². The normalized spacial score (nSPS) is 15.6. The average molecular weight is 419 g/mol. The third-order valence-electron chi connectivity index (χ3n) is 4.94. The molecule has 3 aromatic rings. The first-order chi connectivity index (χ1) is 15.0. The number of carboxylic acid groups (broad SMARTS) is 1. The largest absolute Gasteiger partial charge is 0.479 e. The summed E-state index contributed by atoms with van der Waals surface area (Å²) in [6, 6.07) is 26.0. The van der Waals surface area contributed by atoms with Crippen LogP contribution in [-0.4, -0.2) is 28.2 Å². The highest BCUT2D eigenvalue weighted by Crippen LogP contribution is 2.17. The number of ether oxygens (including phenoxy) is 1.